The van der Waals surface area contributed by atoms with Gasteiger partial charge in [-0.1, -0.05) is 67.5 Å². The van der Waals surface area contributed by atoms with Gasteiger partial charge in [0.15, 0.2) is 5.16 Å². The molecule has 0 unspecified atom stereocenters. The second-order valence-corrected chi connectivity index (χ2v) is 8.28. The number of amides is 3. The van der Waals surface area contributed by atoms with Crippen molar-refractivity contribution in [2.24, 2.45) is 11.7 Å². The Morgan fingerprint density at radius 2 is 1.93 bits per heavy atom. The van der Waals surface area contributed by atoms with Gasteiger partial charge in [0.25, 0.3) is 0 Å². The zero-order valence-electron chi connectivity index (χ0n) is 15.6. The van der Waals surface area contributed by atoms with Crippen LogP contribution in [0.3, 0.4) is 0 Å². The first-order valence-electron chi connectivity index (χ1n) is 8.82. The second-order valence-electron chi connectivity index (χ2n) is 6.74. The molecule has 0 aliphatic carbocycles. The summed E-state index contributed by atoms with van der Waals surface area (Å²) in [5.74, 6) is -0.457. The van der Waals surface area contributed by atoms with Gasteiger partial charge in [-0.15, -0.1) is 0 Å². The lowest BCUT2D eigenvalue weighted by molar-refractivity contribution is -0.120. The van der Waals surface area contributed by atoms with Gasteiger partial charge >= 0.3 is 6.03 Å². The molecule has 3 N–H and O–H groups in total. The quantitative estimate of drug-likeness (QED) is 0.593. The topological polar surface area (TPSA) is 90.0 Å². The molecule has 3 amide bonds. The number of imidazole rings is 1. The van der Waals surface area contributed by atoms with Gasteiger partial charge in [0.1, 0.15) is 0 Å². The van der Waals surface area contributed by atoms with E-state index in [9.17, 15) is 9.59 Å². The first kappa shape index (κ1) is 20.2. The smallest absolute Gasteiger partial charge is 0.318 e. The number of urea groups is 1. The first-order chi connectivity index (χ1) is 13.3. The average Bonchev–Trinajstić information content (AvgIpc) is 2.96. The maximum Gasteiger partial charge on any atom is 0.318 e. The number of nitrogens with one attached hydrogen (secondary N) is 1. The van der Waals surface area contributed by atoms with Crippen molar-refractivity contribution in [1.29, 1.82) is 0 Å². The number of hydrogen-bond acceptors (Lipinski definition) is 4. The van der Waals surface area contributed by atoms with E-state index < -0.39 is 17.2 Å². The molecule has 3 aromatic rings. The number of imide groups is 1. The summed E-state index contributed by atoms with van der Waals surface area (Å²) >= 11 is 7.45. The number of primary amides is 1. The predicted molar refractivity (Wildman–Crippen MR) is 112 cm³/mol. The first-order valence-corrected chi connectivity index (χ1v) is 10.1. The molecule has 8 heteroatoms. The molecule has 3 rings (SSSR count). The summed E-state index contributed by atoms with van der Waals surface area (Å²) in [6, 6.07) is 14.7. The van der Waals surface area contributed by atoms with Crippen molar-refractivity contribution in [2.75, 3.05) is 0 Å². The largest absolute Gasteiger partial charge is 0.351 e. The molecular weight excluding hydrogens is 396 g/mol. The molecule has 2 aromatic carbocycles. The second kappa shape index (κ2) is 8.67. The zero-order valence-corrected chi connectivity index (χ0v) is 17.1. The third-order valence-corrected chi connectivity index (χ3v) is 5.97. The number of rotatable bonds is 6. The molecule has 0 fully saturated rings. The van der Waals surface area contributed by atoms with E-state index in [2.05, 4.69) is 9.88 Å². The SMILES string of the molecule is CC(C)[C@@H](Sc1nc2cc(Cl)ccc2n1Cc1ccccc1)C(=O)NC(N)=O. The van der Waals surface area contributed by atoms with Gasteiger partial charge in [-0.05, 0) is 29.7 Å². The summed E-state index contributed by atoms with van der Waals surface area (Å²) in [5, 5.41) is 2.94. The molecule has 6 nitrogen and oxygen atoms in total. The number of halogens is 1. The van der Waals surface area contributed by atoms with Crippen LogP contribution in [0.1, 0.15) is 19.4 Å². The van der Waals surface area contributed by atoms with Crippen molar-refractivity contribution >= 4 is 46.3 Å². The number of benzene rings is 2. The Bertz CT molecular complexity index is 1000. The fourth-order valence-electron chi connectivity index (χ4n) is 2.89. The third-order valence-electron chi connectivity index (χ3n) is 4.20. The zero-order chi connectivity index (χ0) is 20.3. The van der Waals surface area contributed by atoms with Crippen LogP contribution in [0, 0.1) is 5.92 Å². The van der Waals surface area contributed by atoms with Crippen LogP contribution in [-0.4, -0.2) is 26.7 Å². The van der Waals surface area contributed by atoms with Gasteiger partial charge in [0.05, 0.1) is 22.8 Å². The highest BCUT2D eigenvalue weighted by molar-refractivity contribution is 8.00. The molecule has 28 heavy (non-hydrogen) atoms. The minimum Gasteiger partial charge on any atom is -0.351 e. The van der Waals surface area contributed by atoms with Crippen LogP contribution in [0.25, 0.3) is 11.0 Å². The molecular formula is C20H21ClN4O2S. The van der Waals surface area contributed by atoms with E-state index in [0.29, 0.717) is 16.7 Å². The Hall–Kier alpha value is -2.51. The molecule has 0 bridgehead atoms. The van der Waals surface area contributed by atoms with Crippen LogP contribution in [-0.2, 0) is 11.3 Å². The van der Waals surface area contributed by atoms with E-state index in [4.69, 9.17) is 22.3 Å². The lowest BCUT2D eigenvalue weighted by atomic mass is 10.1. The van der Waals surface area contributed by atoms with E-state index in [-0.39, 0.29) is 5.92 Å². The van der Waals surface area contributed by atoms with E-state index in [1.807, 2.05) is 56.3 Å². The fourth-order valence-corrected chi connectivity index (χ4v) is 4.16. The molecule has 146 valence electrons. The summed E-state index contributed by atoms with van der Waals surface area (Å²) in [6.45, 7) is 4.43. The van der Waals surface area contributed by atoms with Crippen molar-refractivity contribution in [3.63, 3.8) is 0 Å². The molecule has 1 atom stereocenters. The van der Waals surface area contributed by atoms with Gasteiger partial charge in [-0.25, -0.2) is 9.78 Å². The van der Waals surface area contributed by atoms with Gasteiger partial charge in [0.2, 0.25) is 5.91 Å². The summed E-state index contributed by atoms with van der Waals surface area (Å²) in [4.78, 5) is 28.3. The Labute approximate surface area is 172 Å². The van der Waals surface area contributed by atoms with Crippen molar-refractivity contribution in [2.45, 2.75) is 30.8 Å². The number of aromatic nitrogens is 2. The summed E-state index contributed by atoms with van der Waals surface area (Å²) in [6.07, 6.45) is 0. The number of carbonyl (C=O) groups excluding carboxylic acids is 2. The number of fused-ring (bicyclic) bond motifs is 1. The Balaban J connectivity index is 2.02. The minimum absolute atomic E-state index is 0.0297. The molecule has 0 saturated carbocycles. The van der Waals surface area contributed by atoms with E-state index in [1.54, 1.807) is 6.07 Å². The van der Waals surface area contributed by atoms with Crippen LogP contribution in [0.4, 0.5) is 4.79 Å². The summed E-state index contributed by atoms with van der Waals surface area (Å²) < 4.78 is 2.05. The van der Waals surface area contributed by atoms with Crippen molar-refractivity contribution in [3.8, 4) is 0 Å². The molecule has 0 aliphatic heterocycles. The van der Waals surface area contributed by atoms with Gasteiger partial charge in [-0.3, -0.25) is 10.1 Å². The monoisotopic (exact) mass is 416 g/mol. The van der Waals surface area contributed by atoms with Crippen molar-refractivity contribution in [3.05, 3.63) is 59.1 Å². The number of nitrogens with zero attached hydrogens (tertiary/aromatic N) is 2. The molecule has 1 aromatic heterocycles. The van der Waals surface area contributed by atoms with Gasteiger partial charge in [-0.2, -0.15) is 0 Å². The highest BCUT2D eigenvalue weighted by Gasteiger charge is 2.27. The Kier molecular flexibility index (Phi) is 6.26. The number of hydrogen-bond donors (Lipinski definition) is 2. The van der Waals surface area contributed by atoms with Crippen LogP contribution in [0.5, 0.6) is 0 Å². The van der Waals surface area contributed by atoms with Crippen LogP contribution in [0.2, 0.25) is 5.02 Å². The fraction of sp³-hybridized carbons (Fsp3) is 0.250. The van der Waals surface area contributed by atoms with E-state index in [0.717, 1.165) is 16.6 Å². The lowest BCUT2D eigenvalue weighted by Gasteiger charge is -2.19. The molecule has 0 spiro atoms. The minimum atomic E-state index is -0.860. The van der Waals surface area contributed by atoms with Crippen LogP contribution >= 0.6 is 23.4 Å². The summed E-state index contributed by atoms with van der Waals surface area (Å²) in [5.41, 5.74) is 7.91. The lowest BCUT2D eigenvalue weighted by Crippen LogP contribution is -2.42. The van der Waals surface area contributed by atoms with Crippen LogP contribution in [0.15, 0.2) is 53.7 Å². The summed E-state index contributed by atoms with van der Waals surface area (Å²) in [7, 11) is 0. The Morgan fingerprint density at radius 3 is 2.57 bits per heavy atom. The average molecular weight is 417 g/mol. The Morgan fingerprint density at radius 1 is 1.21 bits per heavy atom. The maximum atomic E-state index is 12.4. The highest BCUT2D eigenvalue weighted by atomic mass is 35.5. The number of thioether (sulfide) groups is 1. The molecule has 0 radical (unpaired) electrons. The van der Waals surface area contributed by atoms with E-state index in [1.165, 1.54) is 11.8 Å². The molecule has 1 heterocycles. The number of nitrogens with two attached hydrogens (primary N) is 1. The van der Waals surface area contributed by atoms with Gasteiger partial charge < -0.3 is 10.3 Å². The standard InChI is InChI=1S/C20H21ClN4O2S/c1-12(2)17(18(26)24-19(22)27)28-20-23-15-10-14(21)8-9-16(15)25(20)11-13-6-4-3-5-7-13/h3-10,12,17H,11H2,1-2H3,(H3,22,24,26,27)/t17-/m1/s1. The third kappa shape index (κ3) is 4.66. The highest BCUT2D eigenvalue weighted by Crippen LogP contribution is 2.32. The molecule has 0 aliphatic rings. The van der Waals surface area contributed by atoms with Crippen LogP contribution < -0.4 is 11.1 Å². The maximum absolute atomic E-state index is 12.4. The van der Waals surface area contributed by atoms with E-state index >= 15 is 0 Å². The van der Waals surface area contributed by atoms with Crippen molar-refractivity contribution in [1.82, 2.24) is 14.9 Å². The normalized spacial score (nSPS) is 12.3. The number of carbonyl (C=O) groups is 2. The van der Waals surface area contributed by atoms with Gasteiger partial charge in [0, 0.05) is 5.02 Å². The van der Waals surface area contributed by atoms with Crippen molar-refractivity contribution < 1.29 is 9.59 Å². The molecule has 0 saturated heterocycles. The predicted octanol–water partition coefficient (Wildman–Crippen LogP) is 4.05.